The van der Waals surface area contributed by atoms with E-state index in [0.717, 1.165) is 10.4 Å². The first-order valence-corrected chi connectivity index (χ1v) is 18.1. The zero-order chi connectivity index (χ0) is 35.9. The van der Waals surface area contributed by atoms with Gasteiger partial charge in [-0.2, -0.15) is 0 Å². The minimum Gasteiger partial charge on any atom is -0.481 e. The van der Waals surface area contributed by atoms with E-state index in [1.165, 1.54) is 38.1 Å². The summed E-state index contributed by atoms with van der Waals surface area (Å²) >= 11 is 0. The Balaban J connectivity index is 1.33. The molecule has 0 spiro atoms. The summed E-state index contributed by atoms with van der Waals surface area (Å²) < 4.78 is 29.2. The molecular weight excluding hydrogens is 655 g/mol. The number of hydrogen-bond donors (Lipinski definition) is 1. The van der Waals surface area contributed by atoms with Crippen LogP contribution in [0.25, 0.3) is 29.2 Å². The number of carboxylic acid groups (broad SMARTS) is 1. The third-order valence-corrected chi connectivity index (χ3v) is 13.5. The molecule has 3 heterocycles. The van der Waals surface area contributed by atoms with Crippen molar-refractivity contribution in [2.45, 2.75) is 57.8 Å². The highest BCUT2D eigenvalue weighted by molar-refractivity contribution is 6.99. The van der Waals surface area contributed by atoms with E-state index in [0.29, 0.717) is 23.0 Å². The van der Waals surface area contributed by atoms with Crippen molar-refractivity contribution in [1.29, 1.82) is 0 Å². The highest BCUT2D eigenvalue weighted by Crippen LogP contribution is 2.38. The molecule has 3 atom stereocenters. The third-order valence-electron chi connectivity index (χ3n) is 8.45. The van der Waals surface area contributed by atoms with E-state index >= 15 is 0 Å². The van der Waals surface area contributed by atoms with Crippen molar-refractivity contribution in [2.24, 2.45) is 5.92 Å². The molecule has 0 bridgehead atoms. The van der Waals surface area contributed by atoms with E-state index in [9.17, 15) is 14.7 Å². The molecule has 50 heavy (non-hydrogen) atoms. The van der Waals surface area contributed by atoms with Gasteiger partial charge in [0, 0.05) is 7.11 Å². The third kappa shape index (κ3) is 7.83. The van der Waals surface area contributed by atoms with Crippen molar-refractivity contribution in [1.82, 2.24) is 15.0 Å². The summed E-state index contributed by atoms with van der Waals surface area (Å²) in [6, 6.07) is 20.0. The van der Waals surface area contributed by atoms with Crippen LogP contribution in [-0.4, -0.2) is 53.3 Å². The van der Waals surface area contributed by atoms with E-state index in [2.05, 4.69) is 66.6 Å². The summed E-state index contributed by atoms with van der Waals surface area (Å²) in [5.41, 5.74) is 1.12. The molecule has 260 valence electrons. The van der Waals surface area contributed by atoms with E-state index in [-0.39, 0.29) is 35.4 Å². The van der Waals surface area contributed by atoms with Crippen LogP contribution < -0.4 is 10.4 Å². The fourth-order valence-corrected chi connectivity index (χ4v) is 10.7. The predicted octanol–water partition coefficient (Wildman–Crippen LogP) is 6.89. The maximum atomic E-state index is 13.4. The lowest BCUT2D eigenvalue weighted by molar-refractivity contribution is -0.138. The normalized spacial score (nSPS) is 14.0. The number of rotatable bonds is 16. The number of nitrogens with zero attached hydrogens (tertiary/aromatic N) is 3. The van der Waals surface area contributed by atoms with Gasteiger partial charge in [0.1, 0.15) is 30.6 Å². The van der Waals surface area contributed by atoms with E-state index < -0.39 is 32.4 Å². The number of methoxy groups -OCH3 is 1. The Kier molecular flexibility index (Phi) is 11.3. The van der Waals surface area contributed by atoms with Gasteiger partial charge in [0.25, 0.3) is 8.32 Å². The van der Waals surface area contributed by atoms with Crippen LogP contribution in [0.4, 0.5) is 0 Å². The lowest BCUT2D eigenvalue weighted by Crippen LogP contribution is -2.67. The molecule has 0 saturated carbocycles. The Morgan fingerprint density at radius 3 is 2.04 bits per heavy atom. The van der Waals surface area contributed by atoms with Crippen LogP contribution in [0.1, 0.15) is 58.2 Å². The number of benzene rings is 2. The summed E-state index contributed by atoms with van der Waals surface area (Å²) in [6.45, 7) is 11.8. The molecule has 3 aromatic heterocycles. The first-order chi connectivity index (χ1) is 24.0. The van der Waals surface area contributed by atoms with Crippen molar-refractivity contribution < 1.29 is 37.1 Å². The predicted molar refractivity (Wildman–Crippen MR) is 190 cm³/mol. The van der Waals surface area contributed by atoms with Gasteiger partial charge in [0.15, 0.2) is 17.2 Å². The number of allylic oxidation sites excluding steroid dienone is 1. The minimum atomic E-state index is -3.04. The minimum absolute atomic E-state index is 0.177. The number of carbonyl (C=O) groups excluding carboxylic acids is 1. The molecule has 0 aliphatic rings. The van der Waals surface area contributed by atoms with Gasteiger partial charge >= 0.3 is 5.97 Å². The van der Waals surface area contributed by atoms with E-state index in [1.54, 1.807) is 13.0 Å². The Morgan fingerprint density at radius 1 is 0.900 bits per heavy atom. The fraction of sp³-hybridized carbons (Fsp3) is 0.289. The number of hydrogen-bond acceptors (Lipinski definition) is 10. The second kappa shape index (κ2) is 15.6. The first-order valence-electron chi connectivity index (χ1n) is 16.2. The monoisotopic (exact) mass is 695 g/mol. The van der Waals surface area contributed by atoms with E-state index in [4.69, 9.17) is 22.4 Å². The molecule has 0 aliphatic heterocycles. The molecule has 12 heteroatoms. The second-order valence-electron chi connectivity index (χ2n) is 12.9. The second-order valence-corrected chi connectivity index (χ2v) is 17.1. The topological polar surface area (TPSA) is 151 Å². The number of carbonyl (C=O) groups is 2. The standard InChI is InChI=1S/C38H41N3O8Si/c1-7-33-39-30(23-46-33)36-41-31(24-48-36)37-40-29(22-47-37)35(45-6)25(2)32(42)20-14-15-26(21-34(43)44)49-50(38(3,4)5,27-16-10-8-11-17-27)28-18-12-9-13-19-28/h7-14,16-20,22-26,35H,1,15,21H2,2-6H3,(H,43,44)/b20-14+/t25-,26-,35-/m0/s1. The number of ketones is 1. The summed E-state index contributed by atoms with van der Waals surface area (Å²) in [7, 11) is -1.55. The van der Waals surface area contributed by atoms with Gasteiger partial charge in [-0.05, 0) is 34.0 Å². The smallest absolute Gasteiger partial charge is 0.305 e. The Bertz CT molecular complexity index is 1880. The van der Waals surface area contributed by atoms with Crippen molar-refractivity contribution in [2.75, 3.05) is 7.11 Å². The van der Waals surface area contributed by atoms with Gasteiger partial charge in [-0.15, -0.1) is 0 Å². The molecule has 0 unspecified atom stereocenters. The van der Waals surface area contributed by atoms with Crippen LogP contribution >= 0.6 is 0 Å². The van der Waals surface area contributed by atoms with Gasteiger partial charge < -0.3 is 27.5 Å². The molecule has 0 fully saturated rings. The quantitative estimate of drug-likeness (QED) is 0.0849. The van der Waals surface area contributed by atoms with Gasteiger partial charge in [0.2, 0.25) is 17.7 Å². The lowest BCUT2D eigenvalue weighted by atomic mass is 9.96. The Labute approximate surface area is 291 Å². The zero-order valence-corrected chi connectivity index (χ0v) is 29.7. The summed E-state index contributed by atoms with van der Waals surface area (Å²) in [5, 5.41) is 11.6. The number of carboxylic acids is 1. The van der Waals surface area contributed by atoms with Crippen molar-refractivity contribution in [3.05, 3.63) is 110 Å². The average Bonchev–Trinajstić information content (AvgIpc) is 3.89. The summed E-state index contributed by atoms with van der Waals surface area (Å²) in [6.07, 6.45) is 7.38. The van der Waals surface area contributed by atoms with Crippen LogP contribution in [0.15, 0.2) is 111 Å². The van der Waals surface area contributed by atoms with Crippen LogP contribution in [-0.2, 0) is 18.8 Å². The highest BCUT2D eigenvalue weighted by Gasteiger charge is 2.51. The van der Waals surface area contributed by atoms with Crippen molar-refractivity contribution in [3.8, 4) is 23.2 Å². The highest BCUT2D eigenvalue weighted by atomic mass is 28.4. The average molecular weight is 696 g/mol. The van der Waals surface area contributed by atoms with Gasteiger partial charge in [-0.3, -0.25) is 9.59 Å². The summed E-state index contributed by atoms with van der Waals surface area (Å²) in [4.78, 5) is 38.6. The SMILES string of the molecule is C=Cc1nc(-c2nc(-c3nc([C@@H](OC)[C@@H](C)C(=O)/C=C/C[C@@H](CC(=O)O)O[Si](c4ccccc4)(c4ccccc4)C(C)(C)C)co3)co2)co1. The van der Waals surface area contributed by atoms with Crippen LogP contribution in [0.2, 0.25) is 5.04 Å². The molecular formula is C38H41N3O8Si. The molecule has 0 saturated heterocycles. The number of oxazole rings is 3. The molecule has 11 nitrogen and oxygen atoms in total. The zero-order valence-electron chi connectivity index (χ0n) is 28.7. The summed E-state index contributed by atoms with van der Waals surface area (Å²) in [5.74, 6) is -1.13. The Morgan fingerprint density at radius 2 is 1.48 bits per heavy atom. The lowest BCUT2D eigenvalue weighted by Gasteiger charge is -2.45. The van der Waals surface area contributed by atoms with Crippen LogP contribution in [0.5, 0.6) is 0 Å². The van der Waals surface area contributed by atoms with Gasteiger partial charge in [-0.25, -0.2) is 15.0 Å². The molecule has 0 aliphatic carbocycles. The number of aliphatic carboxylic acids is 1. The molecule has 5 rings (SSSR count). The maximum absolute atomic E-state index is 13.4. The molecule has 0 amide bonds. The van der Waals surface area contributed by atoms with Crippen molar-refractivity contribution in [3.63, 3.8) is 0 Å². The Hall–Kier alpha value is -5.17. The number of ether oxygens (including phenoxy) is 1. The molecule has 2 aromatic carbocycles. The molecule has 5 aromatic rings. The number of aromatic nitrogens is 3. The first kappa shape index (κ1) is 36.1. The molecule has 1 N–H and O–H groups in total. The van der Waals surface area contributed by atoms with Crippen LogP contribution in [0.3, 0.4) is 0 Å². The van der Waals surface area contributed by atoms with Gasteiger partial charge in [-0.1, -0.05) is 101 Å². The van der Waals surface area contributed by atoms with E-state index in [1.807, 2.05) is 36.4 Å². The van der Waals surface area contributed by atoms with Crippen molar-refractivity contribution >= 4 is 36.5 Å². The van der Waals surface area contributed by atoms with Gasteiger partial charge in [0.05, 0.1) is 18.4 Å². The largest absolute Gasteiger partial charge is 0.481 e. The maximum Gasteiger partial charge on any atom is 0.305 e. The fourth-order valence-electron chi connectivity index (χ4n) is 6.03. The molecule has 0 radical (unpaired) electrons. The van der Waals surface area contributed by atoms with Crippen LogP contribution in [0, 0.1) is 5.92 Å².